The van der Waals surface area contributed by atoms with E-state index in [9.17, 15) is 14.0 Å². The van der Waals surface area contributed by atoms with E-state index < -0.39 is 0 Å². The van der Waals surface area contributed by atoms with Crippen LogP contribution in [0.1, 0.15) is 33.1 Å². The molecule has 0 unspecified atom stereocenters. The number of nitrogens with zero attached hydrogens (tertiary/aromatic N) is 3. The molecule has 1 aromatic rings. The van der Waals surface area contributed by atoms with Crippen molar-refractivity contribution < 1.29 is 14.0 Å². The van der Waals surface area contributed by atoms with Gasteiger partial charge in [-0.2, -0.15) is 0 Å². The number of piperazine rings is 1. The van der Waals surface area contributed by atoms with Gasteiger partial charge in [0.1, 0.15) is 11.9 Å². The molecule has 136 valence electrons. The Hall–Kier alpha value is -2.11. The lowest BCUT2D eigenvalue weighted by Gasteiger charge is -2.39. The summed E-state index contributed by atoms with van der Waals surface area (Å²) in [6.07, 6.45) is 1.90. The van der Waals surface area contributed by atoms with Crippen molar-refractivity contribution >= 4 is 17.5 Å². The number of amides is 2. The summed E-state index contributed by atoms with van der Waals surface area (Å²) in [5.41, 5.74) is 0.590. The van der Waals surface area contributed by atoms with E-state index >= 15 is 0 Å². The molecule has 2 aliphatic heterocycles. The van der Waals surface area contributed by atoms with Crippen molar-refractivity contribution in [2.24, 2.45) is 0 Å². The van der Waals surface area contributed by atoms with E-state index in [1.54, 1.807) is 17.0 Å². The minimum atomic E-state index is -0.331. The van der Waals surface area contributed by atoms with Gasteiger partial charge in [-0.3, -0.25) is 9.59 Å². The lowest BCUT2D eigenvalue weighted by atomic mass is 10.1. The number of para-hydroxylation sites is 1. The molecular weight excluding hydrogens is 321 g/mol. The Balaban J connectivity index is 1.64. The maximum atomic E-state index is 13.9. The van der Waals surface area contributed by atoms with Gasteiger partial charge in [-0.15, -0.1) is 0 Å². The molecule has 0 aliphatic carbocycles. The fourth-order valence-corrected chi connectivity index (χ4v) is 3.78. The standard InChI is InChI=1S/C19H26FN3O2/c1-3-14(2)23-17(8-9-18(23)24)19(25)22-12-10-21(11-13-22)16-7-5-4-6-15(16)20/h4-7,14,17H,3,8-13H2,1-2H3/t14-,17-/m1/s1. The van der Waals surface area contributed by atoms with E-state index in [-0.39, 0.29) is 29.7 Å². The number of hydrogen-bond acceptors (Lipinski definition) is 3. The summed E-state index contributed by atoms with van der Waals surface area (Å²) in [4.78, 5) is 30.7. The highest BCUT2D eigenvalue weighted by Gasteiger charge is 2.40. The first kappa shape index (κ1) is 17.7. The molecule has 6 heteroatoms. The number of anilines is 1. The van der Waals surface area contributed by atoms with Gasteiger partial charge in [-0.25, -0.2) is 4.39 Å². The molecule has 0 N–H and O–H groups in total. The maximum absolute atomic E-state index is 13.9. The Labute approximate surface area is 148 Å². The lowest BCUT2D eigenvalue weighted by Crippen LogP contribution is -2.55. The summed E-state index contributed by atoms with van der Waals surface area (Å²) >= 11 is 0. The van der Waals surface area contributed by atoms with Crippen LogP contribution in [0.2, 0.25) is 0 Å². The summed E-state index contributed by atoms with van der Waals surface area (Å²) in [6, 6.07) is 6.49. The van der Waals surface area contributed by atoms with Crippen molar-refractivity contribution in [3.63, 3.8) is 0 Å². The van der Waals surface area contributed by atoms with Gasteiger partial charge >= 0.3 is 0 Å². The van der Waals surface area contributed by atoms with Gasteiger partial charge in [0.05, 0.1) is 5.69 Å². The molecule has 0 saturated carbocycles. The van der Waals surface area contributed by atoms with Crippen molar-refractivity contribution in [3.05, 3.63) is 30.1 Å². The Morgan fingerprint density at radius 2 is 1.92 bits per heavy atom. The zero-order valence-electron chi connectivity index (χ0n) is 14.9. The van der Waals surface area contributed by atoms with Gasteiger partial charge in [0.2, 0.25) is 11.8 Å². The molecular formula is C19H26FN3O2. The summed E-state index contributed by atoms with van der Waals surface area (Å²) in [6.45, 7) is 6.37. The third-order valence-electron chi connectivity index (χ3n) is 5.39. The number of carbonyl (C=O) groups excluding carboxylic acids is 2. The average Bonchev–Trinajstić information content (AvgIpc) is 3.02. The van der Waals surface area contributed by atoms with Crippen LogP contribution >= 0.6 is 0 Å². The number of likely N-dealkylation sites (tertiary alicyclic amines) is 1. The second-order valence-corrected chi connectivity index (χ2v) is 6.88. The predicted molar refractivity (Wildman–Crippen MR) is 94.8 cm³/mol. The molecule has 0 bridgehead atoms. The molecule has 25 heavy (non-hydrogen) atoms. The van der Waals surface area contributed by atoms with Gasteiger partial charge in [0, 0.05) is 38.6 Å². The number of hydrogen-bond donors (Lipinski definition) is 0. The molecule has 0 radical (unpaired) electrons. The van der Waals surface area contributed by atoms with Gasteiger partial charge in [0.25, 0.3) is 0 Å². The summed E-state index contributed by atoms with van der Waals surface area (Å²) in [7, 11) is 0. The lowest BCUT2D eigenvalue weighted by molar-refractivity contribution is -0.143. The molecule has 5 nitrogen and oxygen atoms in total. The van der Waals surface area contributed by atoms with Gasteiger partial charge in [0.15, 0.2) is 0 Å². The molecule has 2 saturated heterocycles. The van der Waals surface area contributed by atoms with Crippen LogP contribution in [0.25, 0.3) is 0 Å². The molecule has 2 heterocycles. The number of benzene rings is 1. The van der Waals surface area contributed by atoms with Gasteiger partial charge in [-0.05, 0) is 31.9 Å². The minimum absolute atomic E-state index is 0.0410. The molecule has 0 spiro atoms. The second kappa shape index (κ2) is 7.42. The van der Waals surface area contributed by atoms with E-state index in [4.69, 9.17) is 0 Å². The van der Waals surface area contributed by atoms with E-state index in [0.717, 1.165) is 6.42 Å². The Kier molecular flexibility index (Phi) is 5.25. The van der Waals surface area contributed by atoms with Crippen molar-refractivity contribution in [1.29, 1.82) is 0 Å². The largest absolute Gasteiger partial charge is 0.366 e. The highest BCUT2D eigenvalue weighted by Crippen LogP contribution is 2.26. The van der Waals surface area contributed by atoms with Crippen molar-refractivity contribution in [2.75, 3.05) is 31.1 Å². The molecule has 2 amide bonds. The first-order valence-corrected chi connectivity index (χ1v) is 9.12. The average molecular weight is 347 g/mol. The zero-order chi connectivity index (χ0) is 18.0. The molecule has 3 rings (SSSR count). The second-order valence-electron chi connectivity index (χ2n) is 6.88. The third-order valence-corrected chi connectivity index (χ3v) is 5.39. The van der Waals surface area contributed by atoms with Crippen molar-refractivity contribution in [2.45, 2.75) is 45.2 Å². The number of rotatable bonds is 4. The molecule has 2 fully saturated rings. The summed E-state index contributed by atoms with van der Waals surface area (Å²) in [5.74, 6) is -0.108. The zero-order valence-corrected chi connectivity index (χ0v) is 14.9. The van der Waals surface area contributed by atoms with Gasteiger partial charge < -0.3 is 14.7 Å². The summed E-state index contributed by atoms with van der Waals surface area (Å²) in [5, 5.41) is 0. The van der Waals surface area contributed by atoms with E-state index in [2.05, 4.69) is 0 Å². The fraction of sp³-hybridized carbons (Fsp3) is 0.579. The number of carbonyl (C=O) groups is 2. The quantitative estimate of drug-likeness (QED) is 0.839. The third kappa shape index (κ3) is 3.48. The van der Waals surface area contributed by atoms with Crippen LogP contribution in [0.3, 0.4) is 0 Å². The Morgan fingerprint density at radius 1 is 1.24 bits per heavy atom. The topological polar surface area (TPSA) is 43.9 Å². The van der Waals surface area contributed by atoms with E-state index in [1.165, 1.54) is 6.07 Å². The van der Waals surface area contributed by atoms with Gasteiger partial charge in [-0.1, -0.05) is 19.1 Å². The van der Waals surface area contributed by atoms with E-state index in [0.29, 0.717) is 44.7 Å². The van der Waals surface area contributed by atoms with Crippen molar-refractivity contribution in [1.82, 2.24) is 9.80 Å². The highest BCUT2D eigenvalue weighted by molar-refractivity contribution is 5.91. The Bertz CT molecular complexity index is 643. The van der Waals surface area contributed by atoms with Crippen LogP contribution in [0.5, 0.6) is 0 Å². The predicted octanol–water partition coefficient (Wildman–Crippen LogP) is 2.26. The maximum Gasteiger partial charge on any atom is 0.245 e. The molecule has 2 atom stereocenters. The normalized spacial score (nSPS) is 22.4. The molecule has 1 aromatic carbocycles. The van der Waals surface area contributed by atoms with Crippen LogP contribution in [0.4, 0.5) is 10.1 Å². The van der Waals surface area contributed by atoms with Crippen molar-refractivity contribution in [3.8, 4) is 0 Å². The van der Waals surface area contributed by atoms with Crippen LogP contribution in [-0.2, 0) is 9.59 Å². The SMILES string of the molecule is CC[C@@H](C)N1C(=O)CC[C@@H]1C(=O)N1CCN(c2ccccc2F)CC1. The number of halogens is 1. The minimum Gasteiger partial charge on any atom is -0.366 e. The first-order valence-electron chi connectivity index (χ1n) is 9.12. The van der Waals surface area contributed by atoms with Crippen LogP contribution in [0, 0.1) is 5.82 Å². The van der Waals surface area contributed by atoms with E-state index in [1.807, 2.05) is 29.7 Å². The monoisotopic (exact) mass is 347 g/mol. The Morgan fingerprint density at radius 3 is 2.56 bits per heavy atom. The smallest absolute Gasteiger partial charge is 0.245 e. The van der Waals surface area contributed by atoms with Crippen LogP contribution in [-0.4, -0.2) is 59.9 Å². The highest BCUT2D eigenvalue weighted by atomic mass is 19.1. The van der Waals surface area contributed by atoms with Crippen LogP contribution < -0.4 is 4.90 Å². The molecule has 0 aromatic heterocycles. The van der Waals surface area contributed by atoms with Crippen LogP contribution in [0.15, 0.2) is 24.3 Å². The fourth-order valence-electron chi connectivity index (χ4n) is 3.78. The summed E-state index contributed by atoms with van der Waals surface area (Å²) < 4.78 is 13.9. The first-order chi connectivity index (χ1) is 12.0. The molecule has 2 aliphatic rings.